The summed E-state index contributed by atoms with van der Waals surface area (Å²) >= 11 is 0. The van der Waals surface area contributed by atoms with Crippen molar-refractivity contribution in [3.8, 4) is 0 Å². The first-order chi connectivity index (χ1) is 11.6. The highest BCUT2D eigenvalue weighted by molar-refractivity contribution is 5.26. The van der Waals surface area contributed by atoms with E-state index in [-0.39, 0.29) is 6.04 Å². The smallest absolute Gasteiger partial charge is 0.118 e. The average molecular weight is 329 g/mol. The molecule has 1 aliphatic carbocycles. The van der Waals surface area contributed by atoms with Crippen molar-refractivity contribution in [2.24, 2.45) is 13.0 Å². The van der Waals surface area contributed by atoms with Crippen molar-refractivity contribution in [3.05, 3.63) is 40.6 Å². The Kier molecular flexibility index (Phi) is 4.22. The van der Waals surface area contributed by atoms with Gasteiger partial charge >= 0.3 is 0 Å². The van der Waals surface area contributed by atoms with E-state index in [1.807, 2.05) is 24.9 Å². The SMILES string of the molecule is Cc1cc(CN2CCc3cnn(C)c3[C@@H]2COCC2CC2)oc1C. The lowest BCUT2D eigenvalue weighted by atomic mass is 10.00. The van der Waals surface area contributed by atoms with E-state index >= 15 is 0 Å². The predicted molar refractivity (Wildman–Crippen MR) is 91.8 cm³/mol. The highest BCUT2D eigenvalue weighted by Crippen LogP contribution is 2.33. The van der Waals surface area contributed by atoms with Crippen LogP contribution in [0.5, 0.6) is 0 Å². The highest BCUT2D eigenvalue weighted by Gasteiger charge is 2.32. The van der Waals surface area contributed by atoms with Gasteiger partial charge < -0.3 is 9.15 Å². The molecule has 1 aliphatic heterocycles. The van der Waals surface area contributed by atoms with Crippen LogP contribution in [0.2, 0.25) is 0 Å². The minimum atomic E-state index is 0.255. The molecule has 0 spiro atoms. The summed E-state index contributed by atoms with van der Waals surface area (Å²) in [5.41, 5.74) is 3.89. The molecule has 130 valence electrons. The van der Waals surface area contributed by atoms with Crippen LogP contribution in [0.25, 0.3) is 0 Å². The Morgan fingerprint density at radius 3 is 2.83 bits per heavy atom. The molecular formula is C19H27N3O2. The number of hydrogen-bond donors (Lipinski definition) is 0. The van der Waals surface area contributed by atoms with Crippen LogP contribution in [0.1, 0.15) is 47.2 Å². The molecule has 5 heteroatoms. The Labute approximate surface area is 143 Å². The summed E-state index contributed by atoms with van der Waals surface area (Å²) in [6, 6.07) is 2.42. The van der Waals surface area contributed by atoms with Crippen molar-refractivity contribution in [2.75, 3.05) is 19.8 Å². The number of aromatic nitrogens is 2. The number of rotatable bonds is 6. The normalized spacial score (nSPS) is 21.2. The molecule has 24 heavy (non-hydrogen) atoms. The topological polar surface area (TPSA) is 43.4 Å². The van der Waals surface area contributed by atoms with Crippen molar-refractivity contribution in [3.63, 3.8) is 0 Å². The molecular weight excluding hydrogens is 302 g/mol. The van der Waals surface area contributed by atoms with Gasteiger partial charge in [-0.15, -0.1) is 0 Å². The van der Waals surface area contributed by atoms with E-state index in [1.54, 1.807) is 0 Å². The van der Waals surface area contributed by atoms with Crippen LogP contribution in [0, 0.1) is 19.8 Å². The van der Waals surface area contributed by atoms with E-state index in [4.69, 9.17) is 9.15 Å². The van der Waals surface area contributed by atoms with Gasteiger partial charge in [-0.2, -0.15) is 5.10 Å². The molecule has 0 saturated heterocycles. The Morgan fingerprint density at radius 2 is 2.12 bits per heavy atom. The van der Waals surface area contributed by atoms with Crippen LogP contribution in [-0.2, 0) is 24.8 Å². The van der Waals surface area contributed by atoms with E-state index in [0.717, 1.165) is 50.2 Å². The number of furan rings is 1. The predicted octanol–water partition coefficient (Wildman–Crippen LogP) is 3.16. The van der Waals surface area contributed by atoms with Gasteiger partial charge in [0, 0.05) is 20.2 Å². The van der Waals surface area contributed by atoms with Crippen LogP contribution >= 0.6 is 0 Å². The van der Waals surface area contributed by atoms with E-state index < -0.39 is 0 Å². The number of ether oxygens (including phenoxy) is 1. The number of fused-ring (bicyclic) bond motifs is 1. The largest absolute Gasteiger partial charge is 0.465 e. The quantitative estimate of drug-likeness (QED) is 0.816. The Hall–Kier alpha value is -1.59. The van der Waals surface area contributed by atoms with Crippen LogP contribution < -0.4 is 0 Å². The Morgan fingerprint density at radius 1 is 1.29 bits per heavy atom. The van der Waals surface area contributed by atoms with Gasteiger partial charge in [0.15, 0.2) is 0 Å². The van der Waals surface area contributed by atoms with E-state index in [0.29, 0.717) is 0 Å². The van der Waals surface area contributed by atoms with Crippen molar-refractivity contribution in [1.82, 2.24) is 14.7 Å². The molecule has 0 radical (unpaired) electrons. The second-order valence-corrected chi connectivity index (χ2v) is 7.35. The van der Waals surface area contributed by atoms with Crippen molar-refractivity contribution in [1.29, 1.82) is 0 Å². The van der Waals surface area contributed by atoms with E-state index in [9.17, 15) is 0 Å². The van der Waals surface area contributed by atoms with Crippen LogP contribution in [0.15, 0.2) is 16.7 Å². The van der Waals surface area contributed by atoms with Gasteiger partial charge in [0.1, 0.15) is 11.5 Å². The molecule has 2 aromatic heterocycles. The van der Waals surface area contributed by atoms with Crippen LogP contribution in [0.3, 0.4) is 0 Å². The molecule has 4 rings (SSSR count). The summed E-state index contributed by atoms with van der Waals surface area (Å²) in [6.45, 7) is 7.63. The fraction of sp³-hybridized carbons (Fsp3) is 0.632. The molecule has 0 N–H and O–H groups in total. The third kappa shape index (κ3) is 3.15. The van der Waals surface area contributed by atoms with E-state index in [1.165, 1.54) is 29.7 Å². The molecule has 1 atom stereocenters. The first-order valence-electron chi connectivity index (χ1n) is 9.00. The summed E-state index contributed by atoms with van der Waals surface area (Å²) in [5, 5.41) is 4.47. The molecule has 1 saturated carbocycles. The lowest BCUT2D eigenvalue weighted by Crippen LogP contribution is -2.38. The van der Waals surface area contributed by atoms with Gasteiger partial charge in [0.05, 0.1) is 31.1 Å². The second kappa shape index (κ2) is 6.37. The highest BCUT2D eigenvalue weighted by atomic mass is 16.5. The van der Waals surface area contributed by atoms with Crippen LogP contribution in [0.4, 0.5) is 0 Å². The summed E-state index contributed by atoms with van der Waals surface area (Å²) < 4.78 is 14.0. The summed E-state index contributed by atoms with van der Waals surface area (Å²) in [5.74, 6) is 2.86. The summed E-state index contributed by atoms with van der Waals surface area (Å²) in [4.78, 5) is 2.48. The summed E-state index contributed by atoms with van der Waals surface area (Å²) in [7, 11) is 2.04. The van der Waals surface area contributed by atoms with E-state index in [2.05, 4.69) is 23.0 Å². The second-order valence-electron chi connectivity index (χ2n) is 7.35. The average Bonchev–Trinajstić information content (AvgIpc) is 3.22. The first kappa shape index (κ1) is 15.9. The van der Waals surface area contributed by atoms with Crippen molar-refractivity contribution >= 4 is 0 Å². The third-order valence-corrected chi connectivity index (χ3v) is 5.39. The van der Waals surface area contributed by atoms with Gasteiger partial charge in [-0.1, -0.05) is 0 Å². The van der Waals surface area contributed by atoms with Crippen molar-refractivity contribution < 1.29 is 9.15 Å². The van der Waals surface area contributed by atoms with Gasteiger partial charge in [0.2, 0.25) is 0 Å². The first-order valence-corrected chi connectivity index (χ1v) is 9.00. The van der Waals surface area contributed by atoms with Crippen LogP contribution in [-0.4, -0.2) is 34.4 Å². The lowest BCUT2D eigenvalue weighted by molar-refractivity contribution is 0.0383. The summed E-state index contributed by atoms with van der Waals surface area (Å²) in [6.07, 6.45) is 5.72. The molecule has 0 bridgehead atoms. The fourth-order valence-electron chi connectivity index (χ4n) is 3.64. The molecule has 2 aliphatic rings. The monoisotopic (exact) mass is 329 g/mol. The maximum Gasteiger partial charge on any atom is 0.118 e. The standard InChI is InChI=1S/C19H27N3O2/c1-13-8-17(24-14(13)2)10-22-7-6-16-9-20-21(3)19(16)18(22)12-23-11-15-4-5-15/h8-9,15,18H,4-7,10-12H2,1-3H3/t18-/m0/s1. The number of hydrogen-bond acceptors (Lipinski definition) is 4. The fourth-order valence-corrected chi connectivity index (χ4v) is 3.64. The third-order valence-electron chi connectivity index (χ3n) is 5.39. The molecule has 0 aromatic carbocycles. The van der Waals surface area contributed by atoms with Gasteiger partial charge in [-0.25, -0.2) is 0 Å². The van der Waals surface area contributed by atoms with Crippen molar-refractivity contribution in [2.45, 2.75) is 45.7 Å². The Bertz CT molecular complexity index is 695. The zero-order valence-corrected chi connectivity index (χ0v) is 14.9. The molecule has 3 heterocycles. The molecule has 0 amide bonds. The zero-order valence-electron chi connectivity index (χ0n) is 14.9. The lowest BCUT2D eigenvalue weighted by Gasteiger charge is -2.35. The van der Waals surface area contributed by atoms with Gasteiger partial charge in [0.25, 0.3) is 0 Å². The molecule has 0 unspecified atom stereocenters. The molecule has 5 nitrogen and oxygen atoms in total. The maximum absolute atomic E-state index is 6.06. The molecule has 2 aromatic rings. The van der Waals surface area contributed by atoms with Gasteiger partial charge in [-0.05, 0) is 56.2 Å². The Balaban J connectivity index is 1.53. The zero-order chi connectivity index (χ0) is 16.7. The number of aryl methyl sites for hydroxylation is 3. The maximum atomic E-state index is 6.06. The van der Waals surface area contributed by atoms with Gasteiger partial charge in [-0.3, -0.25) is 9.58 Å². The minimum Gasteiger partial charge on any atom is -0.465 e. The molecule has 1 fully saturated rings. The number of nitrogens with zero attached hydrogens (tertiary/aromatic N) is 3. The minimum absolute atomic E-state index is 0.255.